The molecule has 8 heteroatoms. The number of ketones is 1. The monoisotopic (exact) mass is 385 g/mol. The summed E-state index contributed by atoms with van der Waals surface area (Å²) in [6, 6.07) is 0. The number of rotatable bonds is 6. The van der Waals surface area contributed by atoms with E-state index in [4.69, 9.17) is 0 Å². The van der Waals surface area contributed by atoms with Crippen molar-refractivity contribution in [1.82, 2.24) is 23.6 Å². The van der Waals surface area contributed by atoms with Crippen molar-refractivity contribution in [3.8, 4) is 11.8 Å². The quantitative estimate of drug-likeness (QED) is 0.538. The van der Waals surface area contributed by atoms with Crippen molar-refractivity contribution in [3.05, 3.63) is 26.7 Å². The van der Waals surface area contributed by atoms with Crippen molar-refractivity contribution in [2.24, 2.45) is 14.1 Å². The Morgan fingerprint density at radius 2 is 1.82 bits per heavy atom. The number of imidazole rings is 1. The Bertz CT molecular complexity index is 1060. The van der Waals surface area contributed by atoms with Gasteiger partial charge in [-0.1, -0.05) is 5.92 Å². The van der Waals surface area contributed by atoms with Crippen LogP contribution in [-0.4, -0.2) is 49.0 Å². The third-order valence-electron chi connectivity index (χ3n) is 5.22. The maximum Gasteiger partial charge on any atom is 0.332 e. The second-order valence-corrected chi connectivity index (χ2v) is 7.41. The van der Waals surface area contributed by atoms with E-state index in [9.17, 15) is 14.4 Å². The summed E-state index contributed by atoms with van der Waals surface area (Å²) < 4.78 is 4.29. The summed E-state index contributed by atoms with van der Waals surface area (Å²) in [7, 11) is 3.37. The van der Waals surface area contributed by atoms with Crippen LogP contribution in [0.3, 0.4) is 0 Å². The number of nitrogens with zero attached hydrogens (tertiary/aromatic N) is 5. The summed E-state index contributed by atoms with van der Waals surface area (Å²) in [5, 5.41) is 0. The first kappa shape index (κ1) is 20.1. The summed E-state index contributed by atoms with van der Waals surface area (Å²) in [5.74, 6) is 6.77. The van der Waals surface area contributed by atoms with Crippen molar-refractivity contribution >= 4 is 16.9 Å². The molecule has 0 aliphatic carbocycles. The SMILES string of the molecule is CC(=O)CCCCn1c(=O)c2c(nc(C#CCN3CCCC3)n2C)n(C)c1=O. The van der Waals surface area contributed by atoms with Gasteiger partial charge in [0, 0.05) is 27.1 Å². The summed E-state index contributed by atoms with van der Waals surface area (Å²) >= 11 is 0. The number of Topliss-reactive ketones (excluding diaryl/α,β-unsaturated/α-hetero) is 1. The molecular weight excluding hydrogens is 358 g/mol. The number of likely N-dealkylation sites (tertiary alicyclic amines) is 1. The summed E-state index contributed by atoms with van der Waals surface area (Å²) in [5.41, 5.74) is -0.0272. The maximum atomic E-state index is 12.9. The third-order valence-corrected chi connectivity index (χ3v) is 5.22. The van der Waals surface area contributed by atoms with Gasteiger partial charge in [0.25, 0.3) is 5.56 Å². The molecular formula is C20H27N5O3. The van der Waals surface area contributed by atoms with E-state index in [1.807, 2.05) is 0 Å². The molecule has 8 nitrogen and oxygen atoms in total. The fourth-order valence-electron chi connectivity index (χ4n) is 3.57. The minimum atomic E-state index is -0.394. The molecule has 150 valence electrons. The second kappa shape index (κ2) is 8.57. The van der Waals surface area contributed by atoms with Crippen LogP contribution in [0.4, 0.5) is 0 Å². The van der Waals surface area contributed by atoms with E-state index in [2.05, 4.69) is 21.7 Å². The lowest BCUT2D eigenvalue weighted by Crippen LogP contribution is -2.39. The normalized spacial score (nSPS) is 14.4. The predicted octanol–water partition coefficient (Wildman–Crippen LogP) is 0.640. The van der Waals surface area contributed by atoms with Crippen LogP contribution in [0.5, 0.6) is 0 Å². The minimum absolute atomic E-state index is 0.111. The molecule has 0 amide bonds. The van der Waals surface area contributed by atoms with E-state index in [1.165, 1.54) is 22.0 Å². The number of aryl methyl sites for hydroxylation is 2. The van der Waals surface area contributed by atoms with Gasteiger partial charge in [0.2, 0.25) is 0 Å². The molecule has 0 bridgehead atoms. The maximum absolute atomic E-state index is 12.9. The fraction of sp³-hybridized carbons (Fsp3) is 0.600. The highest BCUT2D eigenvalue weighted by Gasteiger charge is 2.17. The highest BCUT2D eigenvalue weighted by Crippen LogP contribution is 2.09. The smallest absolute Gasteiger partial charge is 0.315 e. The van der Waals surface area contributed by atoms with Crippen LogP contribution >= 0.6 is 0 Å². The second-order valence-electron chi connectivity index (χ2n) is 7.41. The van der Waals surface area contributed by atoms with E-state index < -0.39 is 5.69 Å². The van der Waals surface area contributed by atoms with Gasteiger partial charge < -0.3 is 9.36 Å². The van der Waals surface area contributed by atoms with Crippen LogP contribution < -0.4 is 11.2 Å². The predicted molar refractivity (Wildman–Crippen MR) is 107 cm³/mol. The zero-order valence-corrected chi connectivity index (χ0v) is 16.8. The van der Waals surface area contributed by atoms with E-state index >= 15 is 0 Å². The van der Waals surface area contributed by atoms with Crippen molar-refractivity contribution in [2.75, 3.05) is 19.6 Å². The van der Waals surface area contributed by atoms with Crippen molar-refractivity contribution in [1.29, 1.82) is 0 Å². The lowest BCUT2D eigenvalue weighted by atomic mass is 10.2. The van der Waals surface area contributed by atoms with Gasteiger partial charge in [-0.25, -0.2) is 9.78 Å². The molecule has 0 atom stereocenters. The molecule has 0 unspecified atom stereocenters. The van der Waals surface area contributed by atoms with Gasteiger partial charge in [0.1, 0.15) is 5.78 Å². The van der Waals surface area contributed by atoms with Crippen LogP contribution in [0.15, 0.2) is 9.59 Å². The molecule has 0 radical (unpaired) electrons. The highest BCUT2D eigenvalue weighted by molar-refractivity contribution is 5.75. The van der Waals surface area contributed by atoms with E-state index in [1.54, 1.807) is 25.6 Å². The van der Waals surface area contributed by atoms with Gasteiger partial charge >= 0.3 is 5.69 Å². The molecule has 28 heavy (non-hydrogen) atoms. The Balaban J connectivity index is 1.90. The Morgan fingerprint density at radius 3 is 2.50 bits per heavy atom. The first-order valence-electron chi connectivity index (χ1n) is 9.77. The average molecular weight is 385 g/mol. The number of aromatic nitrogens is 4. The molecule has 0 spiro atoms. The number of carbonyl (C=O) groups is 1. The number of hydrogen-bond acceptors (Lipinski definition) is 5. The summed E-state index contributed by atoms with van der Waals surface area (Å²) in [6.07, 6.45) is 4.13. The van der Waals surface area contributed by atoms with Crippen LogP contribution in [0.2, 0.25) is 0 Å². The van der Waals surface area contributed by atoms with E-state index in [-0.39, 0.29) is 17.9 Å². The Hall–Kier alpha value is -2.66. The molecule has 1 fully saturated rings. The molecule has 1 aliphatic heterocycles. The van der Waals surface area contributed by atoms with Gasteiger partial charge in [-0.15, -0.1) is 0 Å². The molecule has 1 aliphatic rings. The summed E-state index contributed by atoms with van der Waals surface area (Å²) in [6.45, 7) is 4.65. The van der Waals surface area contributed by atoms with Crippen LogP contribution in [-0.2, 0) is 25.4 Å². The van der Waals surface area contributed by atoms with Crippen molar-refractivity contribution in [2.45, 2.75) is 45.6 Å². The Morgan fingerprint density at radius 1 is 1.11 bits per heavy atom. The lowest BCUT2D eigenvalue weighted by Gasteiger charge is -2.08. The third kappa shape index (κ3) is 4.09. The summed E-state index contributed by atoms with van der Waals surface area (Å²) in [4.78, 5) is 43.3. The highest BCUT2D eigenvalue weighted by atomic mass is 16.2. The molecule has 2 aromatic heterocycles. The van der Waals surface area contributed by atoms with Gasteiger partial charge in [0.15, 0.2) is 17.0 Å². The number of unbranched alkanes of at least 4 members (excludes halogenated alkanes) is 1. The van der Waals surface area contributed by atoms with Gasteiger partial charge in [-0.3, -0.25) is 18.8 Å². The minimum Gasteiger partial charge on any atom is -0.315 e. The zero-order chi connectivity index (χ0) is 20.3. The number of hydrogen-bond donors (Lipinski definition) is 0. The van der Waals surface area contributed by atoms with Crippen LogP contribution in [0.25, 0.3) is 11.2 Å². The molecule has 0 aromatic carbocycles. The lowest BCUT2D eigenvalue weighted by molar-refractivity contribution is -0.117. The Labute approximate surface area is 163 Å². The molecule has 2 aromatic rings. The van der Waals surface area contributed by atoms with Gasteiger partial charge in [0.05, 0.1) is 6.54 Å². The average Bonchev–Trinajstić information content (AvgIpc) is 3.28. The first-order valence-corrected chi connectivity index (χ1v) is 9.77. The van der Waals surface area contributed by atoms with Crippen molar-refractivity contribution in [3.63, 3.8) is 0 Å². The Kier molecular flexibility index (Phi) is 6.15. The van der Waals surface area contributed by atoms with Crippen molar-refractivity contribution < 1.29 is 4.79 Å². The molecule has 1 saturated heterocycles. The molecule has 0 saturated carbocycles. The van der Waals surface area contributed by atoms with E-state index in [0.29, 0.717) is 42.8 Å². The topological polar surface area (TPSA) is 82.1 Å². The fourth-order valence-corrected chi connectivity index (χ4v) is 3.57. The standard InChI is InChI=1S/C20H27N5O3/c1-15(26)9-4-5-14-25-19(27)17-18(23(3)20(25)28)21-16(22(17)2)10-8-13-24-11-6-7-12-24/h4-7,9,11-14H2,1-3H3. The zero-order valence-electron chi connectivity index (χ0n) is 16.8. The molecule has 3 rings (SSSR count). The van der Waals surface area contributed by atoms with Crippen LogP contribution in [0.1, 0.15) is 44.9 Å². The molecule has 0 N–H and O–H groups in total. The van der Waals surface area contributed by atoms with Gasteiger partial charge in [-0.2, -0.15) is 0 Å². The van der Waals surface area contributed by atoms with Crippen LogP contribution in [0, 0.1) is 11.8 Å². The number of fused-ring (bicyclic) bond motifs is 1. The largest absolute Gasteiger partial charge is 0.332 e. The number of carbonyl (C=O) groups excluding carboxylic acids is 1. The van der Waals surface area contributed by atoms with E-state index in [0.717, 1.165) is 13.1 Å². The first-order chi connectivity index (χ1) is 13.4. The van der Waals surface area contributed by atoms with Gasteiger partial charge in [-0.05, 0) is 51.6 Å². The molecule has 3 heterocycles.